The quantitative estimate of drug-likeness (QED) is 0.156. The van der Waals surface area contributed by atoms with E-state index in [0.29, 0.717) is 51.7 Å². The maximum Gasteiger partial charge on any atom is 0.306 e. The van der Waals surface area contributed by atoms with Gasteiger partial charge in [-0.25, -0.2) is 4.98 Å². The highest BCUT2D eigenvalue weighted by Gasteiger charge is 2.19. The molecule has 4 rings (SSSR count). The molecule has 0 aliphatic rings. The summed E-state index contributed by atoms with van der Waals surface area (Å²) in [4.78, 5) is 20.0. The Morgan fingerprint density at radius 3 is 2.40 bits per heavy atom. The van der Waals surface area contributed by atoms with E-state index in [9.17, 15) is 9.90 Å². The van der Waals surface area contributed by atoms with Crippen molar-refractivity contribution in [2.75, 3.05) is 27.8 Å². The summed E-state index contributed by atoms with van der Waals surface area (Å²) in [6, 6.07) is 17.0. The van der Waals surface area contributed by atoms with Gasteiger partial charge in [-0.15, -0.1) is 0 Å². The molecule has 2 aromatic carbocycles. The number of aliphatic hydroxyl groups is 1. The molecule has 220 valence electrons. The maximum atomic E-state index is 10.8. The zero-order valence-corrected chi connectivity index (χ0v) is 25.0. The molecule has 0 bridgehead atoms. The molecule has 0 amide bonds. The van der Waals surface area contributed by atoms with Gasteiger partial charge in [-0.2, -0.15) is 0 Å². The van der Waals surface area contributed by atoms with Crippen molar-refractivity contribution in [1.29, 1.82) is 0 Å². The van der Waals surface area contributed by atoms with Gasteiger partial charge in [0.05, 0.1) is 48.2 Å². The normalized spacial score (nSPS) is 11.8. The Labute approximate surface area is 254 Å². The molecule has 0 saturated carbocycles. The van der Waals surface area contributed by atoms with Crippen LogP contribution in [0.2, 0.25) is 10.0 Å². The number of hydrogen-bond acceptors (Lipinski definition) is 8. The molecule has 4 N–H and O–H groups in total. The van der Waals surface area contributed by atoms with Crippen molar-refractivity contribution in [2.45, 2.75) is 25.6 Å². The number of nitrogens with zero attached hydrogens (tertiary/aromatic N) is 2. The van der Waals surface area contributed by atoms with Crippen LogP contribution < -0.4 is 20.1 Å². The third-order valence-corrected chi connectivity index (χ3v) is 7.41. The zero-order valence-electron chi connectivity index (χ0n) is 23.4. The molecule has 1 atom stereocenters. The summed E-state index contributed by atoms with van der Waals surface area (Å²) in [5.74, 6) is 0.0657. The number of ether oxygens (including phenoxy) is 2. The molecule has 2 heterocycles. The Kier molecular flexibility index (Phi) is 10.7. The predicted molar refractivity (Wildman–Crippen MR) is 164 cm³/mol. The molecular formula is C31H32Cl2N4O5. The number of hydrogen-bond donors (Lipinski definition) is 4. The van der Waals surface area contributed by atoms with Crippen LogP contribution in [0.5, 0.6) is 11.6 Å². The number of benzene rings is 2. The van der Waals surface area contributed by atoms with Crippen LogP contribution in [-0.2, 0) is 17.9 Å². The van der Waals surface area contributed by atoms with Crippen molar-refractivity contribution in [2.24, 2.45) is 0 Å². The molecule has 0 aliphatic heterocycles. The fourth-order valence-electron chi connectivity index (χ4n) is 4.60. The van der Waals surface area contributed by atoms with E-state index in [0.717, 1.165) is 27.8 Å². The molecule has 4 aromatic rings. The van der Waals surface area contributed by atoms with E-state index in [1.165, 1.54) is 0 Å². The summed E-state index contributed by atoms with van der Waals surface area (Å²) >= 11 is 13.9. The second-order valence-electron chi connectivity index (χ2n) is 9.49. The van der Waals surface area contributed by atoms with E-state index >= 15 is 0 Å². The fraction of sp³-hybridized carbons (Fsp3) is 0.258. The van der Waals surface area contributed by atoms with Crippen LogP contribution in [0.15, 0.2) is 60.8 Å². The molecule has 0 unspecified atom stereocenters. The van der Waals surface area contributed by atoms with Crippen LogP contribution in [0, 0.1) is 0 Å². The van der Waals surface area contributed by atoms with Gasteiger partial charge in [0.25, 0.3) is 0 Å². The van der Waals surface area contributed by atoms with Gasteiger partial charge in [0.1, 0.15) is 5.75 Å². The number of carboxylic acids is 1. The average molecular weight is 612 g/mol. The van der Waals surface area contributed by atoms with E-state index in [-0.39, 0.29) is 13.0 Å². The minimum absolute atomic E-state index is 0.134. The van der Waals surface area contributed by atoms with E-state index in [2.05, 4.69) is 20.6 Å². The van der Waals surface area contributed by atoms with Crippen molar-refractivity contribution in [3.63, 3.8) is 0 Å². The number of pyridine rings is 2. The number of carboxylic acid groups (broad SMARTS) is 1. The largest absolute Gasteiger partial charge is 0.496 e. The second kappa shape index (κ2) is 14.4. The molecule has 42 heavy (non-hydrogen) atoms. The first-order valence-corrected chi connectivity index (χ1v) is 13.9. The number of methoxy groups -OCH3 is 2. The standard InChI is InChI=1S/C31H32Cl2N4O5/c1-34-15-20-9-10-25(37-31(20)42-3)24-6-4-5-22(28(24)32)23-11-12-36-30(29(23)33)18-7-8-19(26(13-18)41-2)16-35-17-21(38)14-27(39)40/h4-13,21,34-35,38H,14-17H2,1-3H3,(H,39,40)/t21-/m0/s1. The molecular weight excluding hydrogens is 579 g/mol. The van der Waals surface area contributed by atoms with E-state index < -0.39 is 12.1 Å². The third kappa shape index (κ3) is 7.18. The van der Waals surface area contributed by atoms with Crippen molar-refractivity contribution in [1.82, 2.24) is 20.6 Å². The molecule has 11 heteroatoms. The minimum atomic E-state index is -1.05. The van der Waals surface area contributed by atoms with Crippen molar-refractivity contribution >= 4 is 29.2 Å². The summed E-state index contributed by atoms with van der Waals surface area (Å²) in [7, 11) is 5.01. The highest BCUT2D eigenvalue weighted by Crippen LogP contribution is 2.42. The van der Waals surface area contributed by atoms with Crippen LogP contribution in [-0.4, -0.2) is 60.1 Å². The van der Waals surface area contributed by atoms with Gasteiger partial charge in [-0.1, -0.05) is 59.6 Å². The number of nitrogens with one attached hydrogen (secondary N) is 2. The number of aliphatic carboxylic acids is 1. The SMILES string of the molecule is CNCc1ccc(-c2cccc(-c3ccnc(-c4ccc(CNC[C@@H](O)CC(=O)O)c(OC)c4)c3Cl)c2Cl)nc1OC. The predicted octanol–water partition coefficient (Wildman–Crippen LogP) is 5.45. The van der Waals surface area contributed by atoms with Crippen LogP contribution in [0.1, 0.15) is 17.5 Å². The smallest absolute Gasteiger partial charge is 0.306 e. The Morgan fingerprint density at radius 1 is 0.952 bits per heavy atom. The summed E-state index contributed by atoms with van der Waals surface area (Å²) in [6.07, 6.45) is 0.364. The first-order valence-electron chi connectivity index (χ1n) is 13.2. The molecule has 0 radical (unpaired) electrons. The molecule has 0 fully saturated rings. The Morgan fingerprint density at radius 2 is 1.69 bits per heavy atom. The first-order chi connectivity index (χ1) is 20.3. The van der Waals surface area contributed by atoms with Gasteiger partial charge in [-0.05, 0) is 25.2 Å². The topological polar surface area (TPSA) is 126 Å². The Bertz CT molecular complexity index is 1570. The zero-order chi connectivity index (χ0) is 30.2. The van der Waals surface area contributed by atoms with Crippen LogP contribution in [0.4, 0.5) is 0 Å². The summed E-state index contributed by atoms with van der Waals surface area (Å²) in [6.45, 7) is 1.13. The van der Waals surface area contributed by atoms with Gasteiger partial charge >= 0.3 is 5.97 Å². The van der Waals surface area contributed by atoms with Crippen molar-refractivity contribution in [3.05, 3.63) is 82.0 Å². The Hall–Kier alpha value is -3.73. The van der Waals surface area contributed by atoms with Gasteiger partial charge in [-0.3, -0.25) is 9.78 Å². The number of halogens is 2. The molecule has 0 aliphatic carbocycles. The molecule has 0 spiro atoms. The first kappa shape index (κ1) is 31.2. The number of aromatic nitrogens is 2. The lowest BCUT2D eigenvalue weighted by atomic mass is 9.99. The monoisotopic (exact) mass is 610 g/mol. The highest BCUT2D eigenvalue weighted by molar-refractivity contribution is 6.39. The van der Waals surface area contributed by atoms with E-state index in [4.69, 9.17) is 37.8 Å². The van der Waals surface area contributed by atoms with E-state index in [1.54, 1.807) is 20.4 Å². The van der Waals surface area contributed by atoms with Gasteiger partial charge in [0, 0.05) is 59.2 Å². The lowest BCUT2D eigenvalue weighted by Gasteiger charge is -2.16. The number of carbonyl (C=O) groups is 1. The van der Waals surface area contributed by atoms with Crippen LogP contribution >= 0.6 is 23.2 Å². The number of aliphatic hydroxyl groups excluding tert-OH is 1. The maximum absolute atomic E-state index is 10.8. The minimum Gasteiger partial charge on any atom is -0.496 e. The van der Waals surface area contributed by atoms with Crippen molar-refractivity contribution in [3.8, 4) is 45.3 Å². The fourth-order valence-corrected chi connectivity index (χ4v) is 5.24. The van der Waals surface area contributed by atoms with Crippen LogP contribution in [0.25, 0.3) is 33.6 Å². The lowest BCUT2D eigenvalue weighted by molar-refractivity contribution is -0.139. The van der Waals surface area contributed by atoms with Gasteiger partial charge in [0.2, 0.25) is 5.88 Å². The van der Waals surface area contributed by atoms with Gasteiger partial charge < -0.3 is 30.3 Å². The summed E-state index contributed by atoms with van der Waals surface area (Å²) in [5.41, 5.74) is 5.92. The Balaban J connectivity index is 1.64. The highest BCUT2D eigenvalue weighted by atomic mass is 35.5. The third-order valence-electron chi connectivity index (χ3n) is 6.62. The summed E-state index contributed by atoms with van der Waals surface area (Å²) < 4.78 is 11.1. The van der Waals surface area contributed by atoms with Crippen molar-refractivity contribution < 1.29 is 24.5 Å². The van der Waals surface area contributed by atoms with E-state index in [1.807, 2.05) is 61.6 Å². The van der Waals surface area contributed by atoms with Gasteiger partial charge in [0.15, 0.2) is 0 Å². The lowest BCUT2D eigenvalue weighted by Crippen LogP contribution is -2.28. The average Bonchev–Trinajstić information content (AvgIpc) is 2.98. The van der Waals surface area contributed by atoms with Crippen LogP contribution in [0.3, 0.4) is 0 Å². The summed E-state index contributed by atoms with van der Waals surface area (Å²) in [5, 5.41) is 25.7. The molecule has 2 aromatic heterocycles. The molecule has 9 nitrogen and oxygen atoms in total. The second-order valence-corrected chi connectivity index (χ2v) is 10.2. The molecule has 0 saturated heterocycles. The number of rotatable bonds is 13.